The standard InChI is InChI=1S/2C5H5.Fe.2Li/c2*1-2-4-5-3-1;;;/h2*1-5H;;;/q2*-1;;2*+1. The normalized spacial score (nSPS) is 6.15. The van der Waals surface area contributed by atoms with Crippen molar-refractivity contribution >= 4 is 0 Å². The largest absolute Gasteiger partial charge is 1.00 e. The van der Waals surface area contributed by atoms with Crippen LogP contribution in [0.25, 0.3) is 0 Å². The van der Waals surface area contributed by atoms with Gasteiger partial charge < -0.3 is 0 Å². The second-order valence-electron chi connectivity index (χ2n) is 1.92. The van der Waals surface area contributed by atoms with Crippen LogP contribution < -0.4 is 37.7 Å². The monoisotopic (exact) mass is 200 g/mol. The van der Waals surface area contributed by atoms with E-state index in [2.05, 4.69) is 0 Å². The Morgan fingerprint density at radius 2 is 0.769 bits per heavy atom. The van der Waals surface area contributed by atoms with E-state index in [1.807, 2.05) is 60.7 Å². The van der Waals surface area contributed by atoms with E-state index < -0.39 is 0 Å². The number of hydrogen-bond acceptors (Lipinski definition) is 0. The van der Waals surface area contributed by atoms with E-state index in [1.54, 1.807) is 0 Å². The van der Waals surface area contributed by atoms with Crippen LogP contribution in [0, 0.1) is 0 Å². The molecule has 0 unspecified atom stereocenters. The van der Waals surface area contributed by atoms with Gasteiger partial charge in [-0.25, -0.2) is 24.3 Å². The molecule has 0 saturated carbocycles. The SMILES string of the molecule is [Fe].[Li+].[Li+].c1cc[cH-]c1.c1cc[cH-]c1. The fourth-order valence-corrected chi connectivity index (χ4v) is 0.642. The summed E-state index contributed by atoms with van der Waals surface area (Å²) in [7, 11) is 0. The van der Waals surface area contributed by atoms with E-state index in [0.29, 0.717) is 0 Å². The Bertz CT molecular complexity index is 152. The van der Waals surface area contributed by atoms with E-state index in [9.17, 15) is 0 Å². The molecule has 0 radical (unpaired) electrons. The van der Waals surface area contributed by atoms with Crippen LogP contribution in [0.2, 0.25) is 0 Å². The Morgan fingerprint density at radius 3 is 0.846 bits per heavy atom. The molecule has 2 aromatic carbocycles. The summed E-state index contributed by atoms with van der Waals surface area (Å²) < 4.78 is 0. The first-order chi connectivity index (χ1) is 5.00. The van der Waals surface area contributed by atoms with Crippen molar-refractivity contribution in [1.29, 1.82) is 0 Å². The average Bonchev–Trinajstić information content (AvgIpc) is 2.67. The quantitative estimate of drug-likeness (QED) is 0.310. The maximum absolute atomic E-state index is 2.00. The molecule has 3 heteroatoms. The van der Waals surface area contributed by atoms with Crippen molar-refractivity contribution in [3.8, 4) is 0 Å². The van der Waals surface area contributed by atoms with Crippen LogP contribution in [0.15, 0.2) is 60.7 Å². The molecule has 0 aliphatic rings. The summed E-state index contributed by atoms with van der Waals surface area (Å²) in [4.78, 5) is 0. The minimum atomic E-state index is 0. The topological polar surface area (TPSA) is 0 Å². The summed E-state index contributed by atoms with van der Waals surface area (Å²) >= 11 is 0. The third-order valence-electron chi connectivity index (χ3n) is 1.11. The van der Waals surface area contributed by atoms with Gasteiger partial charge in [-0.2, -0.15) is 36.4 Å². The first-order valence-electron chi connectivity index (χ1n) is 3.33. The number of hydrogen-bond donors (Lipinski definition) is 0. The maximum atomic E-state index is 2.00. The van der Waals surface area contributed by atoms with Crippen molar-refractivity contribution in [3.63, 3.8) is 0 Å². The van der Waals surface area contributed by atoms with Crippen molar-refractivity contribution < 1.29 is 54.8 Å². The molecule has 0 saturated heterocycles. The van der Waals surface area contributed by atoms with Gasteiger partial charge in [0.05, 0.1) is 0 Å². The van der Waals surface area contributed by atoms with Gasteiger partial charge in [0.25, 0.3) is 0 Å². The third-order valence-corrected chi connectivity index (χ3v) is 1.11. The van der Waals surface area contributed by atoms with Crippen LogP contribution in [0.4, 0.5) is 0 Å². The van der Waals surface area contributed by atoms with Crippen LogP contribution in [0.1, 0.15) is 0 Å². The Hall–Kier alpha value is 0.414. The van der Waals surface area contributed by atoms with Gasteiger partial charge in [-0.15, -0.1) is 0 Å². The Balaban J connectivity index is -0.000000125. The smallest absolute Gasteiger partial charge is 0.214 e. The van der Waals surface area contributed by atoms with Crippen LogP contribution >= 0.6 is 0 Å². The Labute approximate surface area is 115 Å². The summed E-state index contributed by atoms with van der Waals surface area (Å²) in [5.74, 6) is 0. The second kappa shape index (κ2) is 14.9. The minimum Gasteiger partial charge on any atom is -0.214 e. The third kappa shape index (κ3) is 12.4. The molecule has 0 aliphatic carbocycles. The molecule has 13 heavy (non-hydrogen) atoms. The van der Waals surface area contributed by atoms with Gasteiger partial charge in [-0.1, -0.05) is 0 Å². The van der Waals surface area contributed by atoms with Crippen molar-refractivity contribution in [2.24, 2.45) is 0 Å². The molecule has 0 N–H and O–H groups in total. The molecule has 0 aromatic heterocycles. The summed E-state index contributed by atoms with van der Waals surface area (Å²) in [5, 5.41) is 0. The zero-order valence-electron chi connectivity index (χ0n) is 8.13. The average molecular weight is 200 g/mol. The van der Waals surface area contributed by atoms with Crippen molar-refractivity contribution in [2.75, 3.05) is 0 Å². The zero-order valence-corrected chi connectivity index (χ0v) is 9.23. The Morgan fingerprint density at radius 1 is 0.538 bits per heavy atom. The van der Waals surface area contributed by atoms with Crippen LogP contribution in [-0.2, 0) is 17.1 Å². The fourth-order valence-electron chi connectivity index (χ4n) is 0.642. The summed E-state index contributed by atoms with van der Waals surface area (Å²) in [6, 6.07) is 20.0. The van der Waals surface area contributed by atoms with Gasteiger partial charge in [0.2, 0.25) is 0 Å². The van der Waals surface area contributed by atoms with Gasteiger partial charge in [0.1, 0.15) is 0 Å². The first kappa shape index (κ1) is 19.1. The molecular weight excluding hydrogens is 190 g/mol. The van der Waals surface area contributed by atoms with Gasteiger partial charge in [0, 0.05) is 17.1 Å². The molecule has 0 nitrogen and oxygen atoms in total. The molecule has 0 bridgehead atoms. The van der Waals surface area contributed by atoms with Crippen LogP contribution in [-0.4, -0.2) is 0 Å². The Kier molecular flexibility index (Phi) is 21.9. The van der Waals surface area contributed by atoms with Gasteiger partial charge in [-0.3, -0.25) is 0 Å². The van der Waals surface area contributed by atoms with Crippen LogP contribution in [0.5, 0.6) is 0 Å². The second-order valence-corrected chi connectivity index (χ2v) is 1.92. The first-order valence-corrected chi connectivity index (χ1v) is 3.33. The van der Waals surface area contributed by atoms with Gasteiger partial charge in [-0.05, 0) is 0 Å². The zero-order chi connectivity index (χ0) is 7.07. The van der Waals surface area contributed by atoms with Crippen molar-refractivity contribution in [3.05, 3.63) is 60.7 Å². The molecule has 0 fully saturated rings. The van der Waals surface area contributed by atoms with Gasteiger partial charge >= 0.3 is 37.7 Å². The van der Waals surface area contributed by atoms with Crippen LogP contribution in [0.3, 0.4) is 0 Å². The maximum Gasteiger partial charge on any atom is 1.00 e. The summed E-state index contributed by atoms with van der Waals surface area (Å²) in [6.45, 7) is 0. The molecular formula is C10H10FeLi2. The number of rotatable bonds is 0. The molecule has 2 rings (SSSR count). The molecule has 0 spiro atoms. The van der Waals surface area contributed by atoms with Gasteiger partial charge in [0.15, 0.2) is 0 Å². The van der Waals surface area contributed by atoms with E-state index in [0.717, 1.165) is 0 Å². The minimum absolute atomic E-state index is 0. The fraction of sp³-hybridized carbons (Fsp3) is 0. The summed E-state index contributed by atoms with van der Waals surface area (Å²) in [6.07, 6.45) is 0. The van der Waals surface area contributed by atoms with Crippen molar-refractivity contribution in [2.45, 2.75) is 0 Å². The van der Waals surface area contributed by atoms with E-state index in [4.69, 9.17) is 0 Å². The predicted octanol–water partition coefficient (Wildman–Crippen LogP) is -3.18. The predicted molar refractivity (Wildman–Crippen MR) is 44.1 cm³/mol. The molecule has 2 aromatic rings. The molecule has 0 atom stereocenters. The van der Waals surface area contributed by atoms with E-state index in [1.165, 1.54) is 0 Å². The van der Waals surface area contributed by atoms with Crippen molar-refractivity contribution in [1.82, 2.24) is 0 Å². The van der Waals surface area contributed by atoms with E-state index in [-0.39, 0.29) is 54.8 Å². The molecule has 0 aliphatic heterocycles. The molecule has 60 valence electrons. The summed E-state index contributed by atoms with van der Waals surface area (Å²) in [5.41, 5.74) is 0. The van der Waals surface area contributed by atoms with E-state index >= 15 is 0 Å². The molecule has 0 heterocycles. The molecule has 0 amide bonds.